The molecule has 0 aliphatic carbocycles. The second-order valence-electron chi connectivity index (χ2n) is 4.74. The van der Waals surface area contributed by atoms with Crippen LogP contribution in [0.4, 0.5) is 0 Å². The summed E-state index contributed by atoms with van der Waals surface area (Å²) in [5.74, 6) is -0.163. The Kier molecular flexibility index (Phi) is 9.95. The Bertz CT molecular complexity index is 701. The van der Waals surface area contributed by atoms with E-state index in [1.54, 1.807) is 0 Å². The molecule has 0 unspecified atom stereocenters. The lowest BCUT2D eigenvalue weighted by Gasteiger charge is -2.06. The highest BCUT2D eigenvalue weighted by Crippen LogP contribution is 2.28. The summed E-state index contributed by atoms with van der Waals surface area (Å²) < 4.78 is 4.96. The highest BCUT2D eigenvalue weighted by molar-refractivity contribution is 8.76. The first-order valence-electron chi connectivity index (χ1n) is 7.22. The number of carbonyl (C=O) groups is 2. The fraction of sp³-hybridized carbons (Fsp3) is 0.125. The predicted molar refractivity (Wildman–Crippen MR) is 117 cm³/mol. The number of halogens is 2. The standard InChI is InChI=1S/C16H14Cl2N2O2S4/c17-13-7-3-1-5-11(13)9-23-25-19-15(21)16(22)20-26-24-10-12-6-2-4-8-14(12)18/h1-8H,9-10H2,(H,19,21)(H,20,22). The molecule has 0 fully saturated rings. The maximum Gasteiger partial charge on any atom is 0.320 e. The van der Waals surface area contributed by atoms with Crippen LogP contribution in [0.3, 0.4) is 0 Å². The Balaban J connectivity index is 1.59. The Morgan fingerprint density at radius 3 is 1.50 bits per heavy atom. The maximum atomic E-state index is 11.7. The fourth-order valence-electron chi connectivity index (χ4n) is 1.64. The van der Waals surface area contributed by atoms with Crippen LogP contribution in [-0.2, 0) is 21.1 Å². The molecule has 2 aromatic rings. The van der Waals surface area contributed by atoms with E-state index in [-0.39, 0.29) is 0 Å². The maximum absolute atomic E-state index is 11.7. The summed E-state index contributed by atoms with van der Waals surface area (Å²) in [6.45, 7) is 0. The number of hydrogen-bond acceptors (Lipinski definition) is 6. The van der Waals surface area contributed by atoms with E-state index in [9.17, 15) is 9.59 Å². The van der Waals surface area contributed by atoms with Crippen molar-refractivity contribution < 1.29 is 9.59 Å². The molecule has 10 heteroatoms. The van der Waals surface area contributed by atoms with Crippen molar-refractivity contribution in [1.82, 2.24) is 9.44 Å². The number of nitrogens with one attached hydrogen (secondary N) is 2. The zero-order valence-corrected chi connectivity index (χ0v) is 18.0. The summed E-state index contributed by atoms with van der Waals surface area (Å²) >= 11 is 12.1. The molecule has 0 bridgehead atoms. The molecule has 0 radical (unpaired) electrons. The van der Waals surface area contributed by atoms with Crippen molar-refractivity contribution >= 4 is 78.6 Å². The minimum Gasteiger partial charge on any atom is -0.283 e. The summed E-state index contributed by atoms with van der Waals surface area (Å²) in [6, 6.07) is 15.0. The lowest BCUT2D eigenvalue weighted by Crippen LogP contribution is -2.32. The first-order valence-corrected chi connectivity index (χ1v) is 12.6. The second kappa shape index (κ2) is 11.9. The summed E-state index contributed by atoms with van der Waals surface area (Å²) in [7, 11) is 4.96. The Hall–Kier alpha value is -0.640. The van der Waals surface area contributed by atoms with Gasteiger partial charge in [0, 0.05) is 43.5 Å². The van der Waals surface area contributed by atoms with Crippen molar-refractivity contribution in [3.8, 4) is 0 Å². The van der Waals surface area contributed by atoms with Crippen LogP contribution in [0.15, 0.2) is 48.5 Å². The van der Waals surface area contributed by atoms with Crippen molar-refractivity contribution in [2.45, 2.75) is 11.5 Å². The smallest absolute Gasteiger partial charge is 0.283 e. The number of amides is 2. The van der Waals surface area contributed by atoms with E-state index in [4.69, 9.17) is 23.2 Å². The SMILES string of the molecule is O=C(NSSCc1ccccc1Cl)C(=O)NSSCc1ccccc1Cl. The molecule has 0 atom stereocenters. The van der Waals surface area contributed by atoms with Crippen LogP contribution < -0.4 is 9.44 Å². The van der Waals surface area contributed by atoms with Gasteiger partial charge in [-0.25, -0.2) is 0 Å². The van der Waals surface area contributed by atoms with Crippen molar-refractivity contribution in [1.29, 1.82) is 0 Å². The molecule has 2 N–H and O–H groups in total. The van der Waals surface area contributed by atoms with Gasteiger partial charge in [-0.2, -0.15) is 0 Å². The van der Waals surface area contributed by atoms with E-state index in [1.165, 1.54) is 21.6 Å². The monoisotopic (exact) mass is 464 g/mol. The molecule has 2 amide bonds. The quantitative estimate of drug-likeness (QED) is 0.232. The van der Waals surface area contributed by atoms with Crippen molar-refractivity contribution in [2.24, 2.45) is 0 Å². The third kappa shape index (κ3) is 7.54. The molecule has 0 aromatic heterocycles. The summed E-state index contributed by atoms with van der Waals surface area (Å²) in [4.78, 5) is 23.4. The molecular weight excluding hydrogens is 451 g/mol. The van der Waals surface area contributed by atoms with Crippen molar-refractivity contribution in [3.05, 3.63) is 69.7 Å². The summed E-state index contributed by atoms with van der Waals surface area (Å²) in [6.07, 6.45) is 0. The minimum absolute atomic E-state index is 0.620. The van der Waals surface area contributed by atoms with Gasteiger partial charge in [0.2, 0.25) is 0 Å². The van der Waals surface area contributed by atoms with Crippen LogP contribution in [0.1, 0.15) is 11.1 Å². The Labute approximate surface area is 178 Å². The first kappa shape index (κ1) is 21.7. The first-order chi connectivity index (χ1) is 12.6. The van der Waals surface area contributed by atoms with Crippen LogP contribution >= 0.6 is 66.7 Å². The van der Waals surface area contributed by atoms with Gasteiger partial charge in [-0.15, -0.1) is 0 Å². The van der Waals surface area contributed by atoms with E-state index < -0.39 is 11.8 Å². The molecule has 0 spiro atoms. The van der Waals surface area contributed by atoms with Gasteiger partial charge in [0.1, 0.15) is 0 Å². The molecule has 0 aliphatic heterocycles. The van der Waals surface area contributed by atoms with E-state index in [0.717, 1.165) is 33.1 Å². The molecule has 4 nitrogen and oxygen atoms in total. The van der Waals surface area contributed by atoms with Gasteiger partial charge in [0.05, 0.1) is 0 Å². The van der Waals surface area contributed by atoms with E-state index >= 15 is 0 Å². The van der Waals surface area contributed by atoms with Gasteiger partial charge in [0.15, 0.2) is 0 Å². The van der Waals surface area contributed by atoms with Gasteiger partial charge < -0.3 is 0 Å². The lowest BCUT2D eigenvalue weighted by molar-refractivity contribution is -0.136. The van der Waals surface area contributed by atoms with Crippen LogP contribution in [0, 0.1) is 0 Å². The minimum atomic E-state index is -0.701. The summed E-state index contributed by atoms with van der Waals surface area (Å²) in [5, 5.41) is 1.35. The highest BCUT2D eigenvalue weighted by atomic mass is 35.5. The molecule has 138 valence electrons. The Morgan fingerprint density at radius 1 is 0.731 bits per heavy atom. The van der Waals surface area contributed by atoms with Crippen LogP contribution in [0.25, 0.3) is 0 Å². The topological polar surface area (TPSA) is 58.2 Å². The zero-order valence-electron chi connectivity index (χ0n) is 13.2. The second-order valence-corrected chi connectivity index (χ2v) is 9.76. The number of rotatable bonds is 8. The number of benzene rings is 2. The molecule has 2 rings (SSSR count). The summed E-state index contributed by atoms with van der Waals surface area (Å²) in [5.41, 5.74) is 1.94. The average Bonchev–Trinajstić information content (AvgIpc) is 2.64. The number of carbonyl (C=O) groups excluding carboxylic acids is 2. The normalized spacial score (nSPS) is 10.4. The van der Waals surface area contributed by atoms with E-state index in [0.29, 0.717) is 21.6 Å². The van der Waals surface area contributed by atoms with Crippen LogP contribution in [0.2, 0.25) is 10.0 Å². The molecule has 0 saturated heterocycles. The van der Waals surface area contributed by atoms with Gasteiger partial charge in [-0.05, 0) is 23.3 Å². The molecule has 0 heterocycles. The third-order valence-corrected chi connectivity index (χ3v) is 7.22. The van der Waals surface area contributed by atoms with Gasteiger partial charge in [0.25, 0.3) is 0 Å². The van der Waals surface area contributed by atoms with E-state index in [1.807, 2.05) is 48.5 Å². The third-order valence-electron chi connectivity index (χ3n) is 2.94. The molecule has 0 aliphatic rings. The largest absolute Gasteiger partial charge is 0.320 e. The predicted octanol–water partition coefficient (Wildman–Crippen LogP) is 5.52. The molecule has 2 aromatic carbocycles. The van der Waals surface area contributed by atoms with Crippen LogP contribution in [0.5, 0.6) is 0 Å². The zero-order chi connectivity index (χ0) is 18.8. The van der Waals surface area contributed by atoms with Gasteiger partial charge in [-0.1, -0.05) is 81.2 Å². The van der Waals surface area contributed by atoms with Gasteiger partial charge in [-0.3, -0.25) is 19.0 Å². The molecule has 0 saturated carbocycles. The van der Waals surface area contributed by atoms with Crippen LogP contribution in [-0.4, -0.2) is 11.8 Å². The van der Waals surface area contributed by atoms with Crippen molar-refractivity contribution in [2.75, 3.05) is 0 Å². The van der Waals surface area contributed by atoms with Gasteiger partial charge >= 0.3 is 11.8 Å². The fourth-order valence-corrected chi connectivity index (χ4v) is 5.46. The Morgan fingerprint density at radius 2 is 1.12 bits per heavy atom. The highest BCUT2D eigenvalue weighted by Gasteiger charge is 2.13. The number of hydrogen-bond donors (Lipinski definition) is 2. The average molecular weight is 465 g/mol. The molecular formula is C16H14Cl2N2O2S4. The molecule has 26 heavy (non-hydrogen) atoms. The lowest BCUT2D eigenvalue weighted by atomic mass is 10.2. The van der Waals surface area contributed by atoms with Crippen molar-refractivity contribution in [3.63, 3.8) is 0 Å². The van der Waals surface area contributed by atoms with E-state index in [2.05, 4.69) is 9.44 Å².